The van der Waals surface area contributed by atoms with E-state index in [1.54, 1.807) is 0 Å². The molecule has 1 N–H and O–H groups in total. The zero-order valence-corrected chi connectivity index (χ0v) is 11.7. The van der Waals surface area contributed by atoms with Crippen LogP contribution in [0.1, 0.15) is 44.6 Å². The molecule has 0 heterocycles. The standard InChI is InChI=1S/C14H22BrN/c1-2-3-4-5-6-11-16-12-13-7-9-14(15)10-8-13/h7-10,16H,2-6,11-12H2,1H3. The van der Waals surface area contributed by atoms with Gasteiger partial charge in [-0.05, 0) is 30.7 Å². The summed E-state index contributed by atoms with van der Waals surface area (Å²) in [4.78, 5) is 0. The highest BCUT2D eigenvalue weighted by Gasteiger charge is 1.93. The van der Waals surface area contributed by atoms with E-state index in [-0.39, 0.29) is 0 Å². The Morgan fingerprint density at radius 2 is 1.69 bits per heavy atom. The molecule has 1 aromatic rings. The second-order valence-electron chi connectivity index (χ2n) is 4.22. The Morgan fingerprint density at radius 1 is 1.00 bits per heavy atom. The average molecular weight is 284 g/mol. The van der Waals surface area contributed by atoms with Gasteiger partial charge in [-0.2, -0.15) is 0 Å². The molecule has 90 valence electrons. The molecule has 1 nitrogen and oxygen atoms in total. The molecule has 1 aromatic carbocycles. The first kappa shape index (κ1) is 13.7. The van der Waals surface area contributed by atoms with Crippen LogP contribution in [0.25, 0.3) is 0 Å². The first-order valence-corrected chi connectivity index (χ1v) is 7.07. The summed E-state index contributed by atoms with van der Waals surface area (Å²) in [5.41, 5.74) is 1.36. The highest BCUT2D eigenvalue weighted by molar-refractivity contribution is 9.10. The van der Waals surface area contributed by atoms with Gasteiger partial charge in [0.05, 0.1) is 0 Å². The van der Waals surface area contributed by atoms with Gasteiger partial charge in [0.1, 0.15) is 0 Å². The molecule has 0 radical (unpaired) electrons. The van der Waals surface area contributed by atoms with Gasteiger partial charge in [-0.15, -0.1) is 0 Å². The van der Waals surface area contributed by atoms with Crippen molar-refractivity contribution in [1.82, 2.24) is 5.32 Å². The molecule has 0 unspecified atom stereocenters. The van der Waals surface area contributed by atoms with Crippen molar-refractivity contribution in [3.05, 3.63) is 34.3 Å². The number of halogens is 1. The van der Waals surface area contributed by atoms with Crippen LogP contribution in [0.5, 0.6) is 0 Å². The van der Waals surface area contributed by atoms with Crippen LogP contribution in [-0.4, -0.2) is 6.54 Å². The van der Waals surface area contributed by atoms with Crippen LogP contribution in [0.15, 0.2) is 28.7 Å². The number of hydrogen-bond donors (Lipinski definition) is 1. The lowest BCUT2D eigenvalue weighted by molar-refractivity contribution is 0.583. The molecule has 0 spiro atoms. The summed E-state index contributed by atoms with van der Waals surface area (Å²) in [7, 11) is 0. The Balaban J connectivity index is 2.01. The van der Waals surface area contributed by atoms with Crippen LogP contribution < -0.4 is 5.32 Å². The van der Waals surface area contributed by atoms with Crippen molar-refractivity contribution >= 4 is 15.9 Å². The minimum absolute atomic E-state index is 0.987. The molecule has 2 heteroatoms. The van der Waals surface area contributed by atoms with Crippen LogP contribution in [0.3, 0.4) is 0 Å². The topological polar surface area (TPSA) is 12.0 Å². The number of rotatable bonds is 8. The molecule has 0 fully saturated rings. The van der Waals surface area contributed by atoms with Gasteiger partial charge < -0.3 is 5.32 Å². The first-order chi connectivity index (χ1) is 7.83. The summed E-state index contributed by atoms with van der Waals surface area (Å²) in [5, 5.41) is 3.48. The van der Waals surface area contributed by atoms with E-state index in [0.29, 0.717) is 0 Å². The van der Waals surface area contributed by atoms with E-state index in [4.69, 9.17) is 0 Å². The molecule has 0 aliphatic rings. The predicted octanol–water partition coefficient (Wildman–Crippen LogP) is 4.51. The second-order valence-corrected chi connectivity index (χ2v) is 5.13. The van der Waals surface area contributed by atoms with E-state index < -0.39 is 0 Å². The van der Waals surface area contributed by atoms with E-state index in [9.17, 15) is 0 Å². The lowest BCUT2D eigenvalue weighted by Gasteiger charge is -2.05. The Morgan fingerprint density at radius 3 is 2.38 bits per heavy atom. The van der Waals surface area contributed by atoms with Gasteiger partial charge in [0, 0.05) is 11.0 Å². The van der Waals surface area contributed by atoms with E-state index in [0.717, 1.165) is 17.6 Å². The van der Waals surface area contributed by atoms with Gasteiger partial charge in [0.15, 0.2) is 0 Å². The summed E-state index contributed by atoms with van der Waals surface area (Å²) in [5.74, 6) is 0. The van der Waals surface area contributed by atoms with Crippen LogP contribution in [0.2, 0.25) is 0 Å². The van der Waals surface area contributed by atoms with Crippen LogP contribution in [-0.2, 0) is 6.54 Å². The second kappa shape index (κ2) is 8.77. The minimum Gasteiger partial charge on any atom is -0.313 e. The maximum absolute atomic E-state index is 3.48. The van der Waals surface area contributed by atoms with Crippen molar-refractivity contribution in [1.29, 1.82) is 0 Å². The normalized spacial score (nSPS) is 10.6. The number of benzene rings is 1. The third-order valence-electron chi connectivity index (χ3n) is 2.70. The Hall–Kier alpha value is -0.340. The quantitative estimate of drug-likeness (QED) is 0.693. The fourth-order valence-corrected chi connectivity index (χ4v) is 1.95. The summed E-state index contributed by atoms with van der Waals surface area (Å²) < 4.78 is 1.15. The van der Waals surface area contributed by atoms with Crippen molar-refractivity contribution < 1.29 is 0 Å². The van der Waals surface area contributed by atoms with Gasteiger partial charge in [0.25, 0.3) is 0 Å². The lowest BCUT2D eigenvalue weighted by atomic mass is 10.1. The molecule has 0 aliphatic heterocycles. The third-order valence-corrected chi connectivity index (χ3v) is 3.23. The molecule has 0 atom stereocenters. The molecule has 1 rings (SSSR count). The highest BCUT2D eigenvalue weighted by atomic mass is 79.9. The van der Waals surface area contributed by atoms with Crippen LogP contribution >= 0.6 is 15.9 Å². The number of nitrogens with one attached hydrogen (secondary N) is 1. The number of unbranched alkanes of at least 4 members (excludes halogenated alkanes) is 4. The van der Waals surface area contributed by atoms with Crippen molar-refractivity contribution in [2.45, 2.75) is 45.6 Å². The highest BCUT2D eigenvalue weighted by Crippen LogP contribution is 2.10. The van der Waals surface area contributed by atoms with Gasteiger partial charge >= 0.3 is 0 Å². The van der Waals surface area contributed by atoms with Crippen molar-refractivity contribution in [3.8, 4) is 0 Å². The van der Waals surface area contributed by atoms with Gasteiger partial charge in [-0.3, -0.25) is 0 Å². The minimum atomic E-state index is 0.987. The fourth-order valence-electron chi connectivity index (χ4n) is 1.69. The third kappa shape index (κ3) is 6.29. The monoisotopic (exact) mass is 283 g/mol. The molecule has 0 bridgehead atoms. The zero-order chi connectivity index (χ0) is 11.6. The average Bonchev–Trinajstić information content (AvgIpc) is 2.30. The van der Waals surface area contributed by atoms with Crippen molar-refractivity contribution in [2.75, 3.05) is 6.54 Å². The Kier molecular flexibility index (Phi) is 7.52. The Labute approximate surface area is 108 Å². The predicted molar refractivity (Wildman–Crippen MR) is 74.6 cm³/mol. The van der Waals surface area contributed by atoms with Gasteiger partial charge in [-0.1, -0.05) is 60.7 Å². The maximum Gasteiger partial charge on any atom is 0.0205 e. The molecule has 0 amide bonds. The summed E-state index contributed by atoms with van der Waals surface area (Å²) in [6.07, 6.45) is 6.76. The molecule has 0 aromatic heterocycles. The summed E-state index contributed by atoms with van der Waals surface area (Å²) in [6.45, 7) is 4.38. The summed E-state index contributed by atoms with van der Waals surface area (Å²) >= 11 is 3.44. The molecule has 0 aliphatic carbocycles. The molecule has 16 heavy (non-hydrogen) atoms. The van der Waals surface area contributed by atoms with Gasteiger partial charge in [-0.25, -0.2) is 0 Å². The van der Waals surface area contributed by atoms with Crippen LogP contribution in [0, 0.1) is 0 Å². The van der Waals surface area contributed by atoms with E-state index in [1.165, 1.54) is 37.7 Å². The lowest BCUT2D eigenvalue weighted by Crippen LogP contribution is -2.14. The maximum atomic E-state index is 3.48. The van der Waals surface area contributed by atoms with Crippen molar-refractivity contribution in [3.63, 3.8) is 0 Å². The number of hydrogen-bond acceptors (Lipinski definition) is 1. The smallest absolute Gasteiger partial charge is 0.0205 e. The largest absolute Gasteiger partial charge is 0.313 e. The molecular weight excluding hydrogens is 262 g/mol. The molecule has 0 saturated heterocycles. The molecular formula is C14H22BrN. The zero-order valence-electron chi connectivity index (χ0n) is 10.1. The summed E-state index contributed by atoms with van der Waals surface area (Å²) in [6, 6.07) is 8.51. The van der Waals surface area contributed by atoms with Gasteiger partial charge in [0.2, 0.25) is 0 Å². The van der Waals surface area contributed by atoms with Crippen LogP contribution in [0.4, 0.5) is 0 Å². The SMILES string of the molecule is CCCCCCCNCc1ccc(Br)cc1. The van der Waals surface area contributed by atoms with Crippen molar-refractivity contribution in [2.24, 2.45) is 0 Å². The molecule has 0 saturated carbocycles. The first-order valence-electron chi connectivity index (χ1n) is 6.28. The fraction of sp³-hybridized carbons (Fsp3) is 0.571. The van der Waals surface area contributed by atoms with E-state index in [1.807, 2.05) is 0 Å². The van der Waals surface area contributed by atoms with E-state index in [2.05, 4.69) is 52.4 Å². The van der Waals surface area contributed by atoms with E-state index >= 15 is 0 Å². The Bertz CT molecular complexity index is 269.